The van der Waals surface area contributed by atoms with Gasteiger partial charge in [0.15, 0.2) is 11.0 Å². The minimum atomic E-state index is 0.364. The summed E-state index contributed by atoms with van der Waals surface area (Å²) in [7, 11) is 0. The Kier molecular flexibility index (Phi) is 6.41. The lowest BCUT2D eigenvalue weighted by molar-refractivity contribution is 0.528. The van der Waals surface area contributed by atoms with Crippen LogP contribution in [0, 0.1) is 6.92 Å². The fourth-order valence-electron chi connectivity index (χ4n) is 3.03. The van der Waals surface area contributed by atoms with Crippen LogP contribution in [0.4, 0.5) is 0 Å². The lowest BCUT2D eigenvalue weighted by Crippen LogP contribution is -2.02. The predicted octanol–water partition coefficient (Wildman–Crippen LogP) is 6.31. The maximum Gasteiger partial charge on any atom is 0.249 e. The van der Waals surface area contributed by atoms with Crippen molar-refractivity contribution in [2.45, 2.75) is 37.7 Å². The average Bonchev–Trinajstić information content (AvgIpc) is 3.34. The fraction of sp³-hybridized carbons (Fsp3) is 0.238. The molecule has 9 heteroatoms. The van der Waals surface area contributed by atoms with E-state index in [0.29, 0.717) is 33.1 Å². The van der Waals surface area contributed by atoms with E-state index in [1.807, 2.05) is 6.07 Å². The number of rotatable bonds is 7. The summed E-state index contributed by atoms with van der Waals surface area (Å²) in [5, 5.41) is 18.9. The summed E-state index contributed by atoms with van der Waals surface area (Å²) in [6.45, 7) is 5.03. The van der Waals surface area contributed by atoms with Gasteiger partial charge >= 0.3 is 0 Å². The summed E-state index contributed by atoms with van der Waals surface area (Å²) in [4.78, 5) is 0. The average molecular weight is 460 g/mol. The molecule has 6 nitrogen and oxygen atoms in total. The minimum absolute atomic E-state index is 0.364. The van der Waals surface area contributed by atoms with Crippen molar-refractivity contribution in [1.29, 1.82) is 0 Å². The highest BCUT2D eigenvalue weighted by atomic mass is 35.5. The van der Waals surface area contributed by atoms with E-state index in [4.69, 9.17) is 27.6 Å². The predicted molar refractivity (Wildman–Crippen MR) is 120 cm³/mol. The van der Waals surface area contributed by atoms with E-state index in [0.717, 1.165) is 29.5 Å². The van der Waals surface area contributed by atoms with Gasteiger partial charge in [-0.2, -0.15) is 0 Å². The van der Waals surface area contributed by atoms with Crippen molar-refractivity contribution in [1.82, 2.24) is 25.0 Å². The van der Waals surface area contributed by atoms with Crippen molar-refractivity contribution in [3.63, 3.8) is 0 Å². The van der Waals surface area contributed by atoms with Crippen LogP contribution in [0.2, 0.25) is 10.0 Å². The molecule has 0 unspecified atom stereocenters. The van der Waals surface area contributed by atoms with E-state index >= 15 is 0 Å². The van der Waals surface area contributed by atoms with Gasteiger partial charge in [-0.25, -0.2) is 0 Å². The zero-order chi connectivity index (χ0) is 21.1. The second-order valence-electron chi connectivity index (χ2n) is 6.74. The van der Waals surface area contributed by atoms with Crippen molar-refractivity contribution in [2.75, 3.05) is 0 Å². The monoisotopic (exact) mass is 459 g/mol. The number of thioether (sulfide) groups is 1. The first-order chi connectivity index (χ1) is 14.5. The maximum absolute atomic E-state index is 6.23. The fourth-order valence-corrected chi connectivity index (χ4v) is 4.32. The molecule has 2 aromatic heterocycles. The molecule has 4 rings (SSSR count). The van der Waals surface area contributed by atoms with Crippen molar-refractivity contribution in [3.8, 4) is 22.8 Å². The molecule has 0 aliphatic rings. The van der Waals surface area contributed by atoms with Crippen LogP contribution in [0.15, 0.2) is 52.0 Å². The standard InChI is InChI=1S/C21H19Cl2N5OS/c1-3-9-28-19(14-6-4-5-13(2)10-14)25-27-21(28)30-12-18-24-26-20(29-18)16-8-7-15(22)11-17(16)23/h4-8,10-11H,3,9,12H2,1-2H3. The first kappa shape index (κ1) is 20.9. The Labute approximate surface area is 188 Å². The van der Waals surface area contributed by atoms with Crippen LogP contribution in [-0.4, -0.2) is 25.0 Å². The molecule has 4 aromatic rings. The van der Waals surface area contributed by atoms with Gasteiger partial charge in [-0.3, -0.25) is 0 Å². The molecule has 0 aliphatic carbocycles. The van der Waals surface area contributed by atoms with E-state index in [2.05, 4.69) is 57.0 Å². The summed E-state index contributed by atoms with van der Waals surface area (Å²) in [5.41, 5.74) is 2.90. The summed E-state index contributed by atoms with van der Waals surface area (Å²) in [6, 6.07) is 13.4. The Morgan fingerprint density at radius 3 is 2.67 bits per heavy atom. The molecule has 0 atom stereocenters. The number of aryl methyl sites for hydroxylation is 1. The first-order valence-electron chi connectivity index (χ1n) is 9.46. The third-order valence-corrected chi connectivity index (χ3v) is 5.89. The SMILES string of the molecule is CCCn1c(SCc2nnc(-c3ccc(Cl)cc3Cl)o2)nnc1-c1cccc(C)c1. The molecule has 0 fully saturated rings. The van der Waals surface area contributed by atoms with Gasteiger partial charge in [-0.05, 0) is 37.6 Å². The van der Waals surface area contributed by atoms with Gasteiger partial charge < -0.3 is 8.98 Å². The molecular weight excluding hydrogens is 441 g/mol. The number of halogens is 2. The Morgan fingerprint density at radius 2 is 1.90 bits per heavy atom. The number of hydrogen-bond acceptors (Lipinski definition) is 6. The zero-order valence-electron chi connectivity index (χ0n) is 16.5. The molecule has 0 radical (unpaired) electrons. The number of hydrogen-bond donors (Lipinski definition) is 0. The van der Waals surface area contributed by atoms with E-state index in [1.54, 1.807) is 18.2 Å². The molecule has 154 valence electrons. The smallest absolute Gasteiger partial charge is 0.249 e. The van der Waals surface area contributed by atoms with Gasteiger partial charge in [0.05, 0.1) is 16.3 Å². The summed E-state index contributed by atoms with van der Waals surface area (Å²) in [5.74, 6) is 2.20. The highest BCUT2D eigenvalue weighted by molar-refractivity contribution is 7.98. The van der Waals surface area contributed by atoms with Crippen LogP contribution >= 0.6 is 35.0 Å². The lowest BCUT2D eigenvalue weighted by Gasteiger charge is -2.08. The molecule has 2 heterocycles. The quantitative estimate of drug-likeness (QED) is 0.301. The summed E-state index contributed by atoms with van der Waals surface area (Å²) >= 11 is 13.7. The molecule has 0 saturated carbocycles. The van der Waals surface area contributed by atoms with Crippen LogP contribution in [0.3, 0.4) is 0 Å². The van der Waals surface area contributed by atoms with Crippen LogP contribution in [-0.2, 0) is 12.3 Å². The lowest BCUT2D eigenvalue weighted by atomic mass is 10.1. The second kappa shape index (κ2) is 9.20. The molecule has 0 N–H and O–H groups in total. The van der Waals surface area contributed by atoms with E-state index in [-0.39, 0.29) is 0 Å². The first-order valence-corrected chi connectivity index (χ1v) is 11.2. The van der Waals surface area contributed by atoms with E-state index < -0.39 is 0 Å². The van der Waals surface area contributed by atoms with Crippen molar-refractivity contribution in [2.24, 2.45) is 0 Å². The highest BCUT2D eigenvalue weighted by Crippen LogP contribution is 2.31. The van der Waals surface area contributed by atoms with E-state index in [9.17, 15) is 0 Å². The summed E-state index contributed by atoms with van der Waals surface area (Å²) < 4.78 is 7.92. The van der Waals surface area contributed by atoms with Gasteiger partial charge in [0.2, 0.25) is 11.8 Å². The molecule has 0 saturated heterocycles. The van der Waals surface area contributed by atoms with Crippen LogP contribution in [0.5, 0.6) is 0 Å². The van der Waals surface area contributed by atoms with Crippen molar-refractivity contribution >= 4 is 35.0 Å². The number of benzene rings is 2. The minimum Gasteiger partial charge on any atom is -0.420 e. The molecule has 0 amide bonds. The Hall–Kier alpha value is -2.35. The maximum atomic E-state index is 6.23. The normalized spacial score (nSPS) is 11.2. The largest absolute Gasteiger partial charge is 0.420 e. The van der Waals surface area contributed by atoms with Gasteiger partial charge in [0.1, 0.15) is 0 Å². The molecule has 0 spiro atoms. The molecular formula is C21H19Cl2N5OS. The molecule has 2 aromatic carbocycles. The Bertz CT molecular complexity index is 1170. The number of nitrogens with zero attached hydrogens (tertiary/aromatic N) is 5. The van der Waals surface area contributed by atoms with Crippen LogP contribution in [0.25, 0.3) is 22.8 Å². The van der Waals surface area contributed by atoms with Crippen molar-refractivity contribution in [3.05, 3.63) is 64.0 Å². The van der Waals surface area contributed by atoms with Crippen LogP contribution < -0.4 is 0 Å². The van der Waals surface area contributed by atoms with Gasteiger partial charge in [-0.15, -0.1) is 20.4 Å². The van der Waals surface area contributed by atoms with Gasteiger partial charge in [0.25, 0.3) is 0 Å². The molecule has 30 heavy (non-hydrogen) atoms. The van der Waals surface area contributed by atoms with Crippen LogP contribution in [0.1, 0.15) is 24.8 Å². The Morgan fingerprint density at radius 1 is 1.03 bits per heavy atom. The molecule has 0 bridgehead atoms. The third kappa shape index (κ3) is 4.53. The summed E-state index contributed by atoms with van der Waals surface area (Å²) in [6.07, 6.45) is 0.976. The third-order valence-electron chi connectivity index (χ3n) is 4.39. The number of aromatic nitrogens is 5. The van der Waals surface area contributed by atoms with Gasteiger partial charge in [-0.1, -0.05) is 65.7 Å². The second-order valence-corrected chi connectivity index (χ2v) is 8.53. The van der Waals surface area contributed by atoms with Crippen molar-refractivity contribution < 1.29 is 4.42 Å². The highest BCUT2D eigenvalue weighted by Gasteiger charge is 2.17. The van der Waals surface area contributed by atoms with Gasteiger partial charge in [0, 0.05) is 17.1 Å². The molecule has 0 aliphatic heterocycles. The van der Waals surface area contributed by atoms with E-state index in [1.165, 1.54) is 17.3 Å². The Balaban J connectivity index is 1.54. The zero-order valence-corrected chi connectivity index (χ0v) is 18.8. The topological polar surface area (TPSA) is 69.6 Å².